The lowest BCUT2D eigenvalue weighted by molar-refractivity contribution is -0.148. The monoisotopic (exact) mass is 335 g/mol. The molecule has 1 heterocycles. The lowest BCUT2D eigenvalue weighted by Gasteiger charge is -2.19. The van der Waals surface area contributed by atoms with Crippen LogP contribution < -0.4 is 0 Å². The third-order valence-corrected chi connectivity index (χ3v) is 4.02. The molecule has 0 aliphatic rings. The molecule has 0 saturated heterocycles. The molecule has 3 nitrogen and oxygen atoms in total. The first kappa shape index (κ1) is 16.1. The second kappa shape index (κ2) is 7.70. The molecule has 0 fully saturated rings. The van der Waals surface area contributed by atoms with Gasteiger partial charge >= 0.3 is 5.97 Å². The standard InChI is InChI=1S/C20H17NO2S/c22-19(15-21-14-8-7-13-18(21)24)23-20(16-9-3-1-4-10-16)17-11-5-2-6-12-17/h1-14,20H,15H2. The number of ether oxygens (including phenoxy) is 1. The highest BCUT2D eigenvalue weighted by Crippen LogP contribution is 2.26. The van der Waals surface area contributed by atoms with E-state index >= 15 is 0 Å². The zero-order valence-electron chi connectivity index (χ0n) is 13.0. The van der Waals surface area contributed by atoms with Gasteiger partial charge in [-0.1, -0.05) is 78.9 Å². The van der Waals surface area contributed by atoms with Gasteiger partial charge in [0, 0.05) is 6.20 Å². The molecule has 0 radical (unpaired) electrons. The van der Waals surface area contributed by atoms with Crippen molar-refractivity contribution in [3.05, 3.63) is 101 Å². The molecule has 4 heteroatoms. The first-order valence-electron chi connectivity index (χ1n) is 7.69. The fraction of sp³-hybridized carbons (Fsp3) is 0.100. The number of aromatic nitrogens is 1. The van der Waals surface area contributed by atoms with Crippen LogP contribution >= 0.6 is 12.2 Å². The average Bonchev–Trinajstić information content (AvgIpc) is 2.63. The van der Waals surface area contributed by atoms with E-state index in [2.05, 4.69) is 0 Å². The summed E-state index contributed by atoms with van der Waals surface area (Å²) < 4.78 is 8.08. The molecule has 0 unspecified atom stereocenters. The van der Waals surface area contributed by atoms with Crippen molar-refractivity contribution in [2.24, 2.45) is 0 Å². The van der Waals surface area contributed by atoms with Crippen LogP contribution in [0.25, 0.3) is 0 Å². The molecule has 0 aliphatic heterocycles. The van der Waals surface area contributed by atoms with Crippen molar-refractivity contribution in [3.8, 4) is 0 Å². The number of hydrogen-bond donors (Lipinski definition) is 0. The van der Waals surface area contributed by atoms with Gasteiger partial charge in [0.1, 0.15) is 11.2 Å². The number of carbonyl (C=O) groups excluding carboxylic acids is 1. The summed E-state index contributed by atoms with van der Waals surface area (Å²) in [6, 6.07) is 24.9. The first-order chi connectivity index (χ1) is 11.7. The van der Waals surface area contributed by atoms with E-state index in [1.807, 2.05) is 72.8 Å². The van der Waals surface area contributed by atoms with Crippen molar-refractivity contribution in [2.45, 2.75) is 12.6 Å². The Morgan fingerprint density at radius 2 is 1.42 bits per heavy atom. The predicted molar refractivity (Wildman–Crippen MR) is 96.1 cm³/mol. The lowest BCUT2D eigenvalue weighted by atomic mass is 10.0. The van der Waals surface area contributed by atoms with Gasteiger partial charge in [0.2, 0.25) is 0 Å². The topological polar surface area (TPSA) is 31.2 Å². The van der Waals surface area contributed by atoms with E-state index < -0.39 is 6.10 Å². The van der Waals surface area contributed by atoms with Crippen LogP contribution in [0.2, 0.25) is 0 Å². The molecule has 24 heavy (non-hydrogen) atoms. The van der Waals surface area contributed by atoms with Crippen LogP contribution in [0, 0.1) is 4.64 Å². The number of hydrogen-bond acceptors (Lipinski definition) is 3. The van der Waals surface area contributed by atoms with Gasteiger partial charge in [-0.2, -0.15) is 0 Å². The third kappa shape index (κ3) is 3.97. The van der Waals surface area contributed by atoms with Gasteiger partial charge in [-0.05, 0) is 23.3 Å². The molecule has 0 saturated carbocycles. The van der Waals surface area contributed by atoms with E-state index in [9.17, 15) is 4.79 Å². The Balaban J connectivity index is 1.83. The van der Waals surface area contributed by atoms with Crippen molar-refractivity contribution in [1.82, 2.24) is 4.57 Å². The van der Waals surface area contributed by atoms with Crippen LogP contribution in [0.3, 0.4) is 0 Å². The second-order valence-corrected chi connectivity index (χ2v) is 5.78. The molecular weight excluding hydrogens is 318 g/mol. The van der Waals surface area contributed by atoms with Crippen LogP contribution in [0.4, 0.5) is 0 Å². The fourth-order valence-electron chi connectivity index (χ4n) is 2.48. The van der Waals surface area contributed by atoms with Crippen molar-refractivity contribution in [1.29, 1.82) is 0 Å². The number of pyridine rings is 1. The van der Waals surface area contributed by atoms with Gasteiger partial charge in [-0.25, -0.2) is 0 Å². The molecule has 0 N–H and O–H groups in total. The summed E-state index contributed by atoms with van der Waals surface area (Å²) in [5.41, 5.74) is 1.88. The van der Waals surface area contributed by atoms with E-state index in [0.717, 1.165) is 11.1 Å². The summed E-state index contributed by atoms with van der Waals surface area (Å²) in [6.45, 7) is 0.0931. The maximum atomic E-state index is 12.4. The van der Waals surface area contributed by atoms with Gasteiger partial charge in [0.25, 0.3) is 0 Å². The number of nitrogens with zero attached hydrogens (tertiary/aromatic N) is 1. The van der Waals surface area contributed by atoms with E-state index in [0.29, 0.717) is 4.64 Å². The zero-order valence-corrected chi connectivity index (χ0v) is 13.9. The summed E-state index contributed by atoms with van der Waals surface area (Å²) >= 11 is 5.23. The van der Waals surface area contributed by atoms with E-state index in [-0.39, 0.29) is 12.5 Å². The molecule has 3 rings (SSSR count). The van der Waals surface area contributed by atoms with E-state index in [1.54, 1.807) is 16.8 Å². The molecule has 0 aliphatic carbocycles. The second-order valence-electron chi connectivity index (χ2n) is 5.36. The van der Waals surface area contributed by atoms with Gasteiger partial charge in [0.05, 0.1) is 0 Å². The van der Waals surface area contributed by atoms with Crippen LogP contribution in [0.5, 0.6) is 0 Å². The Morgan fingerprint density at radius 1 is 0.875 bits per heavy atom. The normalized spacial score (nSPS) is 10.5. The van der Waals surface area contributed by atoms with Gasteiger partial charge in [-0.3, -0.25) is 4.79 Å². The highest BCUT2D eigenvalue weighted by molar-refractivity contribution is 7.71. The van der Waals surface area contributed by atoms with Crippen molar-refractivity contribution < 1.29 is 9.53 Å². The largest absolute Gasteiger partial charge is 0.451 e. The minimum absolute atomic E-state index is 0.0931. The third-order valence-electron chi connectivity index (χ3n) is 3.65. The number of carbonyl (C=O) groups is 1. The smallest absolute Gasteiger partial charge is 0.326 e. The highest BCUT2D eigenvalue weighted by Gasteiger charge is 2.18. The van der Waals surface area contributed by atoms with Gasteiger partial charge < -0.3 is 9.30 Å². The molecule has 120 valence electrons. The van der Waals surface area contributed by atoms with Gasteiger partial charge in [-0.15, -0.1) is 0 Å². The van der Waals surface area contributed by atoms with Crippen LogP contribution in [0.15, 0.2) is 85.1 Å². The Morgan fingerprint density at radius 3 is 1.96 bits per heavy atom. The molecule has 0 atom stereocenters. The number of esters is 1. The van der Waals surface area contributed by atoms with E-state index in [1.165, 1.54) is 0 Å². The lowest BCUT2D eigenvalue weighted by Crippen LogP contribution is -2.18. The number of rotatable bonds is 5. The van der Waals surface area contributed by atoms with Crippen molar-refractivity contribution in [3.63, 3.8) is 0 Å². The minimum atomic E-state index is -0.433. The Labute approximate surface area is 146 Å². The molecule has 3 aromatic rings. The fourth-order valence-corrected chi connectivity index (χ4v) is 2.69. The zero-order chi connectivity index (χ0) is 16.8. The van der Waals surface area contributed by atoms with Crippen LogP contribution in [-0.2, 0) is 16.1 Å². The molecule has 2 aromatic carbocycles. The summed E-state index contributed by atoms with van der Waals surface area (Å²) in [5, 5.41) is 0. The van der Waals surface area contributed by atoms with Crippen molar-refractivity contribution in [2.75, 3.05) is 0 Å². The summed E-state index contributed by atoms with van der Waals surface area (Å²) in [7, 11) is 0. The van der Waals surface area contributed by atoms with Crippen molar-refractivity contribution >= 4 is 18.2 Å². The molecule has 0 bridgehead atoms. The Hall–Kier alpha value is -2.72. The average molecular weight is 335 g/mol. The summed E-state index contributed by atoms with van der Waals surface area (Å²) in [5.74, 6) is -0.324. The van der Waals surface area contributed by atoms with Crippen LogP contribution in [0.1, 0.15) is 17.2 Å². The SMILES string of the molecule is O=C(Cn1ccccc1=S)OC(c1ccccc1)c1ccccc1. The summed E-state index contributed by atoms with van der Waals surface area (Å²) in [6.07, 6.45) is 1.35. The maximum Gasteiger partial charge on any atom is 0.326 e. The molecular formula is C20H17NO2S. The Kier molecular flexibility index (Phi) is 5.18. The highest BCUT2D eigenvalue weighted by atomic mass is 32.1. The quantitative estimate of drug-likeness (QED) is 0.506. The number of benzene rings is 2. The first-order valence-corrected chi connectivity index (χ1v) is 8.10. The summed E-state index contributed by atoms with van der Waals surface area (Å²) in [4.78, 5) is 12.4. The molecule has 0 amide bonds. The molecule has 1 aromatic heterocycles. The molecule has 0 spiro atoms. The van der Waals surface area contributed by atoms with Gasteiger partial charge in [0.15, 0.2) is 6.10 Å². The van der Waals surface area contributed by atoms with Crippen LogP contribution in [-0.4, -0.2) is 10.5 Å². The predicted octanol–water partition coefficient (Wildman–Crippen LogP) is 4.55. The minimum Gasteiger partial charge on any atom is -0.451 e. The maximum absolute atomic E-state index is 12.4. The Bertz CT molecular complexity index is 820. The van der Waals surface area contributed by atoms with E-state index in [4.69, 9.17) is 17.0 Å².